The maximum absolute atomic E-state index is 13.9. The van der Waals surface area contributed by atoms with Gasteiger partial charge in [0.1, 0.15) is 11.6 Å². The molecule has 2 fully saturated rings. The number of halogens is 2. The molecule has 0 bridgehead atoms. The molecule has 28 heavy (non-hydrogen) atoms. The Balaban J connectivity index is 1.48. The molecule has 1 N–H and O–H groups in total. The Morgan fingerprint density at radius 3 is 2.29 bits per heavy atom. The van der Waals surface area contributed by atoms with E-state index < -0.39 is 17.5 Å². The highest BCUT2D eigenvalue weighted by Gasteiger charge is 2.32. The van der Waals surface area contributed by atoms with Crippen molar-refractivity contribution in [2.24, 2.45) is 11.8 Å². The van der Waals surface area contributed by atoms with Crippen LogP contribution < -0.4 is 5.32 Å². The van der Waals surface area contributed by atoms with Crippen molar-refractivity contribution in [2.75, 3.05) is 39.8 Å². The van der Waals surface area contributed by atoms with Crippen LogP contribution in [0.4, 0.5) is 8.78 Å². The minimum atomic E-state index is -0.843. The minimum Gasteiger partial charge on any atom is -0.342 e. The number of hydrogen-bond donors (Lipinski definition) is 1. The molecule has 0 aromatic heterocycles. The molecule has 2 heterocycles. The van der Waals surface area contributed by atoms with Crippen LogP contribution in [-0.4, -0.2) is 61.4 Å². The molecular formula is C21H29F2N3O2. The van der Waals surface area contributed by atoms with Crippen LogP contribution in [0.1, 0.15) is 42.5 Å². The van der Waals surface area contributed by atoms with E-state index in [0.717, 1.165) is 51.0 Å². The van der Waals surface area contributed by atoms with E-state index in [0.29, 0.717) is 31.8 Å². The van der Waals surface area contributed by atoms with Crippen LogP contribution in [0.5, 0.6) is 0 Å². The van der Waals surface area contributed by atoms with Crippen molar-refractivity contribution in [3.8, 4) is 0 Å². The average molecular weight is 393 g/mol. The lowest BCUT2D eigenvalue weighted by atomic mass is 9.90. The molecule has 1 aromatic carbocycles. The van der Waals surface area contributed by atoms with Crippen LogP contribution >= 0.6 is 0 Å². The van der Waals surface area contributed by atoms with E-state index in [1.807, 2.05) is 11.9 Å². The van der Waals surface area contributed by atoms with Gasteiger partial charge in [0.2, 0.25) is 5.91 Å². The molecule has 5 nitrogen and oxygen atoms in total. The molecule has 2 saturated heterocycles. The highest BCUT2D eigenvalue weighted by atomic mass is 19.1. The summed E-state index contributed by atoms with van der Waals surface area (Å²) in [6.45, 7) is 3.48. The Bertz CT molecular complexity index is 697. The van der Waals surface area contributed by atoms with Gasteiger partial charge in [-0.1, -0.05) is 0 Å². The lowest BCUT2D eigenvalue weighted by Gasteiger charge is -2.37. The van der Waals surface area contributed by atoms with Crippen molar-refractivity contribution >= 4 is 11.8 Å². The van der Waals surface area contributed by atoms with Gasteiger partial charge in [-0.2, -0.15) is 0 Å². The summed E-state index contributed by atoms with van der Waals surface area (Å²) in [6, 6.07) is 3.00. The predicted molar refractivity (Wildman–Crippen MR) is 103 cm³/mol. The van der Waals surface area contributed by atoms with Crippen molar-refractivity contribution in [1.82, 2.24) is 15.1 Å². The Hall–Kier alpha value is -2.02. The molecule has 2 amide bonds. The molecule has 0 saturated carbocycles. The van der Waals surface area contributed by atoms with E-state index in [-0.39, 0.29) is 17.4 Å². The summed E-state index contributed by atoms with van der Waals surface area (Å²) in [7, 11) is 1.96. The van der Waals surface area contributed by atoms with E-state index in [1.54, 1.807) is 4.90 Å². The fourth-order valence-electron chi connectivity index (χ4n) is 4.21. The molecule has 2 aliphatic heterocycles. The number of nitrogens with zero attached hydrogens (tertiary/aromatic N) is 2. The smallest absolute Gasteiger partial charge is 0.256 e. The van der Waals surface area contributed by atoms with Gasteiger partial charge >= 0.3 is 0 Å². The highest BCUT2D eigenvalue weighted by Crippen LogP contribution is 2.26. The van der Waals surface area contributed by atoms with Crippen molar-refractivity contribution in [2.45, 2.75) is 32.1 Å². The molecule has 0 atom stereocenters. The summed E-state index contributed by atoms with van der Waals surface area (Å²) >= 11 is 0. The third kappa shape index (κ3) is 4.87. The number of nitrogens with one attached hydrogen (secondary N) is 1. The third-order valence-electron chi connectivity index (χ3n) is 6.02. The molecule has 0 radical (unpaired) electrons. The number of rotatable bonds is 5. The van der Waals surface area contributed by atoms with Gasteiger partial charge < -0.3 is 15.1 Å². The summed E-state index contributed by atoms with van der Waals surface area (Å²) < 4.78 is 26.9. The minimum absolute atomic E-state index is 0.0732. The zero-order valence-electron chi connectivity index (χ0n) is 16.4. The molecule has 3 rings (SSSR count). The highest BCUT2D eigenvalue weighted by molar-refractivity contribution is 5.94. The predicted octanol–water partition coefficient (Wildman–Crippen LogP) is 2.67. The molecule has 0 aliphatic carbocycles. The van der Waals surface area contributed by atoms with E-state index in [9.17, 15) is 18.4 Å². The quantitative estimate of drug-likeness (QED) is 0.837. The number of carbonyl (C=O) groups is 2. The second-order valence-electron chi connectivity index (χ2n) is 7.85. The molecule has 0 unspecified atom stereocenters. The van der Waals surface area contributed by atoms with Gasteiger partial charge in [0, 0.05) is 38.2 Å². The molecule has 154 valence electrons. The molecule has 7 heteroatoms. The maximum atomic E-state index is 13.9. The number of benzene rings is 1. The first kappa shape index (κ1) is 20.7. The second kappa shape index (κ2) is 9.45. The van der Waals surface area contributed by atoms with Crippen molar-refractivity contribution in [1.29, 1.82) is 0 Å². The van der Waals surface area contributed by atoms with E-state index >= 15 is 0 Å². The maximum Gasteiger partial charge on any atom is 0.256 e. The standard InChI is InChI=1S/C21H29F2N3O2/c1-24-9-4-15-5-10-25(11-6-15)20(27)16-7-12-26(13-8-16)21(28)18-3-2-17(22)14-19(18)23/h2-3,14-16,24H,4-13H2,1H3. The lowest BCUT2D eigenvalue weighted by molar-refractivity contribution is -0.138. The number of likely N-dealkylation sites (tertiary alicyclic amines) is 2. The zero-order valence-corrected chi connectivity index (χ0v) is 16.4. The molecule has 1 aromatic rings. The fraction of sp³-hybridized carbons (Fsp3) is 0.619. The zero-order chi connectivity index (χ0) is 20.1. The largest absolute Gasteiger partial charge is 0.342 e. The summed E-state index contributed by atoms with van der Waals surface area (Å²) in [4.78, 5) is 28.8. The topological polar surface area (TPSA) is 52.7 Å². The monoisotopic (exact) mass is 393 g/mol. The Morgan fingerprint density at radius 2 is 1.68 bits per heavy atom. The van der Waals surface area contributed by atoms with Crippen LogP contribution in [0.2, 0.25) is 0 Å². The van der Waals surface area contributed by atoms with Crippen molar-refractivity contribution < 1.29 is 18.4 Å². The van der Waals surface area contributed by atoms with Crippen LogP contribution in [0.15, 0.2) is 18.2 Å². The first-order chi connectivity index (χ1) is 13.5. The van der Waals surface area contributed by atoms with Gasteiger partial charge in [0.25, 0.3) is 5.91 Å². The van der Waals surface area contributed by atoms with Crippen LogP contribution in [-0.2, 0) is 4.79 Å². The van der Waals surface area contributed by atoms with Crippen LogP contribution in [0, 0.1) is 23.5 Å². The van der Waals surface area contributed by atoms with Crippen molar-refractivity contribution in [3.63, 3.8) is 0 Å². The van der Waals surface area contributed by atoms with Gasteiger partial charge in [-0.3, -0.25) is 9.59 Å². The van der Waals surface area contributed by atoms with Gasteiger partial charge in [-0.05, 0) is 63.7 Å². The van der Waals surface area contributed by atoms with E-state index in [4.69, 9.17) is 0 Å². The lowest BCUT2D eigenvalue weighted by Crippen LogP contribution is -2.46. The number of piperidine rings is 2. The molecular weight excluding hydrogens is 364 g/mol. The Kier molecular flexibility index (Phi) is 6.99. The van der Waals surface area contributed by atoms with Crippen LogP contribution in [0.3, 0.4) is 0 Å². The number of amides is 2. The summed E-state index contributed by atoms with van der Waals surface area (Å²) in [6.07, 6.45) is 4.43. The molecule has 2 aliphatic rings. The third-order valence-corrected chi connectivity index (χ3v) is 6.02. The fourth-order valence-corrected chi connectivity index (χ4v) is 4.21. The van der Waals surface area contributed by atoms with Crippen molar-refractivity contribution in [3.05, 3.63) is 35.4 Å². The Labute approximate surface area is 165 Å². The van der Waals surface area contributed by atoms with Gasteiger partial charge in [0.05, 0.1) is 5.56 Å². The first-order valence-corrected chi connectivity index (χ1v) is 10.2. The van der Waals surface area contributed by atoms with Gasteiger partial charge in [-0.15, -0.1) is 0 Å². The number of carbonyl (C=O) groups excluding carboxylic acids is 2. The summed E-state index contributed by atoms with van der Waals surface area (Å²) in [5, 5.41) is 3.18. The van der Waals surface area contributed by atoms with E-state index in [2.05, 4.69) is 5.32 Å². The SMILES string of the molecule is CNCCC1CCN(C(=O)C2CCN(C(=O)c3ccc(F)cc3F)CC2)CC1. The Morgan fingerprint density at radius 1 is 1.04 bits per heavy atom. The second-order valence-corrected chi connectivity index (χ2v) is 7.85. The molecule has 0 spiro atoms. The normalized spacial score (nSPS) is 19.1. The van der Waals surface area contributed by atoms with Gasteiger partial charge in [-0.25, -0.2) is 8.78 Å². The van der Waals surface area contributed by atoms with Gasteiger partial charge in [0.15, 0.2) is 0 Å². The number of hydrogen-bond acceptors (Lipinski definition) is 3. The average Bonchev–Trinajstić information content (AvgIpc) is 2.72. The first-order valence-electron chi connectivity index (χ1n) is 10.2. The summed E-state index contributed by atoms with van der Waals surface area (Å²) in [5.41, 5.74) is -0.116. The summed E-state index contributed by atoms with van der Waals surface area (Å²) in [5.74, 6) is -1.18. The van der Waals surface area contributed by atoms with Crippen LogP contribution in [0.25, 0.3) is 0 Å². The van der Waals surface area contributed by atoms with E-state index in [1.165, 1.54) is 6.07 Å².